The lowest BCUT2D eigenvalue weighted by Gasteiger charge is -2.04. The highest BCUT2D eigenvalue weighted by Crippen LogP contribution is 1.88. The second-order valence-electron chi connectivity index (χ2n) is 2.04. The van der Waals surface area contributed by atoms with E-state index in [-0.39, 0.29) is 0 Å². The molecule has 4 N–H and O–H groups in total. The quantitative estimate of drug-likeness (QED) is 0.320. The molecule has 0 radical (unpaired) electrons. The largest absolute Gasteiger partial charge is 0.356 e. The van der Waals surface area contributed by atoms with Crippen molar-refractivity contribution in [3.05, 3.63) is 24.0 Å². The molecular formula is C6H9N5S. The Labute approximate surface area is 75.3 Å². The fourth-order valence-corrected chi connectivity index (χ4v) is 0.722. The van der Waals surface area contributed by atoms with Crippen LogP contribution >= 0.6 is 12.2 Å². The lowest BCUT2D eigenvalue weighted by molar-refractivity contribution is 0.809. The van der Waals surface area contributed by atoms with Gasteiger partial charge in [0.05, 0.1) is 12.2 Å². The van der Waals surface area contributed by atoms with E-state index in [1.807, 2.05) is 12.1 Å². The second kappa shape index (κ2) is 4.58. The van der Waals surface area contributed by atoms with Crippen LogP contribution in [0.25, 0.3) is 0 Å². The molecule has 12 heavy (non-hydrogen) atoms. The van der Waals surface area contributed by atoms with Crippen LogP contribution in [-0.4, -0.2) is 15.3 Å². The number of hydrogen-bond acceptors (Lipinski definition) is 4. The summed E-state index contributed by atoms with van der Waals surface area (Å²) in [5.74, 6) is 5.05. The maximum atomic E-state index is 5.05. The van der Waals surface area contributed by atoms with E-state index < -0.39 is 0 Å². The lowest BCUT2D eigenvalue weighted by atomic mass is 10.4. The normalized spacial score (nSPS) is 9.08. The van der Waals surface area contributed by atoms with Crippen LogP contribution in [0.2, 0.25) is 0 Å². The molecule has 5 nitrogen and oxygen atoms in total. The maximum Gasteiger partial charge on any atom is 0.180 e. The van der Waals surface area contributed by atoms with Gasteiger partial charge in [-0.1, -0.05) is 0 Å². The van der Waals surface area contributed by atoms with E-state index in [1.165, 1.54) is 0 Å². The Kier molecular flexibility index (Phi) is 3.36. The van der Waals surface area contributed by atoms with Gasteiger partial charge in [0, 0.05) is 6.20 Å². The number of thiocarbonyl (C=S) groups is 1. The third kappa shape index (κ3) is 2.77. The minimum Gasteiger partial charge on any atom is -0.356 e. The van der Waals surface area contributed by atoms with Crippen molar-refractivity contribution in [2.45, 2.75) is 6.54 Å². The van der Waals surface area contributed by atoms with E-state index in [1.54, 1.807) is 6.20 Å². The minimum atomic E-state index is 0.389. The van der Waals surface area contributed by atoms with E-state index in [9.17, 15) is 0 Å². The Morgan fingerprint density at radius 1 is 1.67 bits per heavy atom. The Morgan fingerprint density at radius 3 is 3.08 bits per heavy atom. The van der Waals surface area contributed by atoms with Gasteiger partial charge in [0.1, 0.15) is 0 Å². The number of nitrogens with one attached hydrogen (secondary N) is 2. The van der Waals surface area contributed by atoms with Crippen molar-refractivity contribution < 1.29 is 0 Å². The number of rotatable bonds is 2. The van der Waals surface area contributed by atoms with Gasteiger partial charge in [0.2, 0.25) is 0 Å². The van der Waals surface area contributed by atoms with Crippen molar-refractivity contribution >= 4 is 17.3 Å². The molecule has 0 unspecified atom stereocenters. The zero-order chi connectivity index (χ0) is 8.81. The first-order valence-electron chi connectivity index (χ1n) is 3.34. The molecule has 0 aliphatic heterocycles. The van der Waals surface area contributed by atoms with Crippen molar-refractivity contribution in [1.82, 2.24) is 20.9 Å². The van der Waals surface area contributed by atoms with Gasteiger partial charge in [-0.3, -0.25) is 0 Å². The highest BCUT2D eigenvalue weighted by Gasteiger charge is 1.93. The van der Waals surface area contributed by atoms with Gasteiger partial charge in [-0.2, -0.15) is 10.2 Å². The average molecular weight is 183 g/mol. The van der Waals surface area contributed by atoms with E-state index in [0.717, 1.165) is 5.69 Å². The molecule has 1 rings (SSSR count). The molecular weight excluding hydrogens is 174 g/mol. The second-order valence-corrected chi connectivity index (χ2v) is 2.45. The molecule has 0 aromatic carbocycles. The number of hydrazine groups is 1. The summed E-state index contributed by atoms with van der Waals surface area (Å²) in [6.45, 7) is 0.525. The van der Waals surface area contributed by atoms with Crippen LogP contribution in [0, 0.1) is 0 Å². The van der Waals surface area contributed by atoms with E-state index in [2.05, 4.69) is 20.9 Å². The Hall–Kier alpha value is -1.27. The van der Waals surface area contributed by atoms with Crippen LogP contribution in [0.15, 0.2) is 18.3 Å². The maximum absolute atomic E-state index is 5.05. The molecule has 0 atom stereocenters. The number of hydrogen-bond donors (Lipinski definition) is 3. The zero-order valence-corrected chi connectivity index (χ0v) is 7.14. The summed E-state index contributed by atoms with van der Waals surface area (Å²) in [4.78, 5) is 0. The summed E-state index contributed by atoms with van der Waals surface area (Å²) in [6, 6.07) is 3.65. The average Bonchev–Trinajstić information content (AvgIpc) is 2.16. The van der Waals surface area contributed by atoms with Gasteiger partial charge in [0.15, 0.2) is 5.11 Å². The van der Waals surface area contributed by atoms with Crippen LogP contribution in [0.3, 0.4) is 0 Å². The summed E-state index contributed by atoms with van der Waals surface area (Å²) < 4.78 is 0. The fraction of sp³-hybridized carbons (Fsp3) is 0.167. The molecule has 0 bridgehead atoms. The van der Waals surface area contributed by atoms with Gasteiger partial charge in [-0.25, -0.2) is 5.84 Å². The molecule has 0 fully saturated rings. The van der Waals surface area contributed by atoms with Crippen molar-refractivity contribution in [3.8, 4) is 0 Å². The molecule has 1 aromatic heterocycles. The third-order valence-electron chi connectivity index (χ3n) is 1.19. The minimum absolute atomic E-state index is 0.389. The predicted octanol–water partition coefficient (Wildman–Crippen LogP) is -0.686. The van der Waals surface area contributed by atoms with E-state index in [4.69, 9.17) is 18.1 Å². The van der Waals surface area contributed by atoms with Crippen LogP contribution in [0.4, 0.5) is 0 Å². The standard InChI is InChI=1S/C6H9N5S/c7-10-6(12)8-4-5-2-1-3-9-11-5/h1-3H,4,7H2,(H2,8,10,12). The van der Waals surface area contributed by atoms with Crippen molar-refractivity contribution in [1.29, 1.82) is 0 Å². The summed E-state index contributed by atoms with van der Waals surface area (Å²) >= 11 is 4.76. The molecule has 0 aliphatic rings. The van der Waals surface area contributed by atoms with Crippen LogP contribution < -0.4 is 16.6 Å². The molecule has 6 heteroatoms. The molecule has 0 saturated carbocycles. The molecule has 0 spiro atoms. The van der Waals surface area contributed by atoms with Gasteiger partial charge >= 0.3 is 0 Å². The number of nitrogens with zero attached hydrogens (tertiary/aromatic N) is 2. The summed E-state index contributed by atoms with van der Waals surface area (Å²) in [5.41, 5.74) is 3.12. The fourth-order valence-electron chi connectivity index (χ4n) is 0.650. The predicted molar refractivity (Wildman–Crippen MR) is 48.8 cm³/mol. The lowest BCUT2D eigenvalue weighted by Crippen LogP contribution is -2.39. The molecule has 64 valence electrons. The smallest absolute Gasteiger partial charge is 0.180 e. The first-order valence-corrected chi connectivity index (χ1v) is 3.75. The first-order chi connectivity index (χ1) is 5.83. The van der Waals surface area contributed by atoms with E-state index >= 15 is 0 Å². The van der Waals surface area contributed by atoms with Crippen LogP contribution in [0.5, 0.6) is 0 Å². The highest BCUT2D eigenvalue weighted by molar-refractivity contribution is 7.80. The Balaban J connectivity index is 2.38. The van der Waals surface area contributed by atoms with E-state index in [0.29, 0.717) is 11.7 Å². The highest BCUT2D eigenvalue weighted by atomic mass is 32.1. The number of nitrogens with two attached hydrogens (primary N) is 1. The molecule has 0 aliphatic carbocycles. The summed E-state index contributed by atoms with van der Waals surface area (Å²) in [7, 11) is 0. The van der Waals surface area contributed by atoms with Crippen molar-refractivity contribution in [2.24, 2.45) is 5.84 Å². The Morgan fingerprint density at radius 2 is 2.50 bits per heavy atom. The molecule has 1 aromatic rings. The van der Waals surface area contributed by atoms with Crippen LogP contribution in [0.1, 0.15) is 5.69 Å². The number of aromatic nitrogens is 2. The SMILES string of the molecule is NNC(=S)NCc1cccnn1. The first kappa shape index (κ1) is 8.82. The summed E-state index contributed by atoms with van der Waals surface area (Å²) in [5, 5.41) is 10.8. The third-order valence-corrected chi connectivity index (χ3v) is 1.45. The monoisotopic (exact) mass is 183 g/mol. The Bertz CT molecular complexity index is 249. The molecule has 0 amide bonds. The van der Waals surface area contributed by atoms with Gasteiger partial charge in [-0.15, -0.1) is 0 Å². The van der Waals surface area contributed by atoms with Crippen molar-refractivity contribution in [2.75, 3.05) is 0 Å². The molecule has 1 heterocycles. The van der Waals surface area contributed by atoms with Gasteiger partial charge in [0.25, 0.3) is 0 Å². The van der Waals surface area contributed by atoms with Gasteiger partial charge in [-0.05, 0) is 24.4 Å². The summed E-state index contributed by atoms with van der Waals surface area (Å²) in [6.07, 6.45) is 1.61. The van der Waals surface area contributed by atoms with Gasteiger partial charge < -0.3 is 10.7 Å². The van der Waals surface area contributed by atoms with Crippen molar-refractivity contribution in [3.63, 3.8) is 0 Å². The topological polar surface area (TPSA) is 75.9 Å². The zero-order valence-electron chi connectivity index (χ0n) is 6.32. The van der Waals surface area contributed by atoms with Crippen LogP contribution in [-0.2, 0) is 6.54 Å². The molecule has 0 saturated heterocycles.